The number of rotatable bonds is 5. The molecule has 0 aromatic carbocycles. The van der Waals surface area contributed by atoms with Crippen LogP contribution in [-0.2, 0) is 9.53 Å². The smallest absolute Gasteiger partial charge is 0.348 e. The number of ether oxygens (including phenoxy) is 1. The molecule has 3 nitrogen and oxygen atoms in total. The van der Waals surface area contributed by atoms with E-state index in [1.165, 1.54) is 5.32 Å². The predicted octanol–water partition coefficient (Wildman–Crippen LogP) is 4.96. The molecule has 0 radical (unpaired) electrons. The minimum Gasteiger partial charge on any atom is -0.348 e. The Balaban J connectivity index is 3.14. The van der Waals surface area contributed by atoms with Gasteiger partial charge in [-0.1, -0.05) is 13.8 Å². The maximum Gasteiger partial charge on any atom is 0.462 e. The fourth-order valence-corrected chi connectivity index (χ4v) is 2.60. The van der Waals surface area contributed by atoms with Crippen molar-refractivity contribution in [3.63, 3.8) is 0 Å². The molecule has 0 unspecified atom stereocenters. The molecule has 1 fully saturated rings. The molecule has 0 aromatic rings. The molecule has 0 heterocycles. The Labute approximate surface area is 151 Å². The standard InChI is InChI=1S/C14H16F11NO2/c1-6-3-4-8(5-7(6)2)26-9(27)10(15,12(18,19)20)28-14(24,25)11(16,17)13(21,22)23/h6-8H,3-5H2,1-2H3,(H,26,27)/t6-,7+,8-,10+/m1/s1. The van der Waals surface area contributed by atoms with Gasteiger partial charge in [-0.25, -0.2) is 0 Å². The van der Waals surface area contributed by atoms with Crippen molar-refractivity contribution in [1.29, 1.82) is 0 Å². The van der Waals surface area contributed by atoms with Crippen molar-refractivity contribution in [3.05, 3.63) is 0 Å². The zero-order valence-corrected chi connectivity index (χ0v) is 14.3. The summed E-state index contributed by atoms with van der Waals surface area (Å²) in [5, 5.41) is 1.41. The quantitative estimate of drug-likeness (QED) is 0.615. The zero-order chi connectivity index (χ0) is 22.3. The van der Waals surface area contributed by atoms with Gasteiger partial charge >= 0.3 is 30.2 Å². The Kier molecular flexibility index (Phi) is 6.60. The monoisotopic (exact) mass is 439 g/mol. The van der Waals surface area contributed by atoms with Crippen molar-refractivity contribution < 1.29 is 57.8 Å². The van der Waals surface area contributed by atoms with E-state index < -0.39 is 42.2 Å². The molecule has 166 valence electrons. The number of halogens is 11. The fourth-order valence-electron chi connectivity index (χ4n) is 2.60. The molecule has 0 saturated heterocycles. The number of carbonyl (C=O) groups excluding carboxylic acids is 1. The van der Waals surface area contributed by atoms with E-state index in [4.69, 9.17) is 0 Å². The van der Waals surface area contributed by atoms with E-state index in [0.717, 1.165) is 0 Å². The first-order valence-corrected chi connectivity index (χ1v) is 7.85. The molecule has 1 aliphatic rings. The molecular weight excluding hydrogens is 423 g/mol. The number of hydrogen-bond acceptors (Lipinski definition) is 2. The van der Waals surface area contributed by atoms with E-state index in [9.17, 15) is 53.1 Å². The summed E-state index contributed by atoms with van der Waals surface area (Å²) < 4.78 is 143. The SMILES string of the molecule is C[C@@H]1CC[C@@H](NC(=O)[C@](F)(OC(F)(F)C(F)(F)C(F)(F)F)C(F)(F)F)C[C@@H]1C. The summed E-state index contributed by atoms with van der Waals surface area (Å²) in [6.45, 7) is 3.42. The molecule has 0 bridgehead atoms. The van der Waals surface area contributed by atoms with Gasteiger partial charge in [-0.15, -0.1) is 0 Å². The van der Waals surface area contributed by atoms with E-state index in [0.29, 0.717) is 6.42 Å². The fraction of sp³-hybridized carbons (Fsp3) is 0.929. The van der Waals surface area contributed by atoms with Crippen LogP contribution in [0.1, 0.15) is 33.1 Å². The molecule has 1 rings (SSSR count). The normalized spacial score (nSPS) is 27.2. The highest BCUT2D eigenvalue weighted by Crippen LogP contribution is 2.51. The van der Waals surface area contributed by atoms with Crippen molar-refractivity contribution in [2.24, 2.45) is 11.8 Å². The summed E-state index contributed by atoms with van der Waals surface area (Å²) in [5.41, 5.74) is 0. The van der Waals surface area contributed by atoms with Gasteiger partial charge in [-0.3, -0.25) is 9.53 Å². The van der Waals surface area contributed by atoms with Crippen molar-refractivity contribution in [2.45, 2.75) is 69.4 Å². The molecule has 14 heteroatoms. The van der Waals surface area contributed by atoms with Crippen LogP contribution in [0.3, 0.4) is 0 Å². The molecule has 1 amide bonds. The van der Waals surface area contributed by atoms with Crippen LogP contribution in [0.4, 0.5) is 48.3 Å². The molecule has 1 aliphatic carbocycles. The van der Waals surface area contributed by atoms with Gasteiger partial charge in [-0.2, -0.15) is 48.3 Å². The highest BCUT2D eigenvalue weighted by molar-refractivity contribution is 5.84. The van der Waals surface area contributed by atoms with Gasteiger partial charge in [0.15, 0.2) is 0 Å². The Morgan fingerprint density at radius 1 is 0.821 bits per heavy atom. The first-order valence-electron chi connectivity index (χ1n) is 7.85. The van der Waals surface area contributed by atoms with Crippen LogP contribution >= 0.6 is 0 Å². The number of alkyl halides is 11. The van der Waals surface area contributed by atoms with Crippen LogP contribution < -0.4 is 5.32 Å². The van der Waals surface area contributed by atoms with Crippen LogP contribution in [0.15, 0.2) is 0 Å². The topological polar surface area (TPSA) is 38.3 Å². The number of hydrogen-bond donors (Lipinski definition) is 1. The molecule has 0 spiro atoms. The number of nitrogens with one attached hydrogen (secondary N) is 1. The summed E-state index contributed by atoms with van der Waals surface area (Å²) in [6, 6.07) is -1.14. The summed E-state index contributed by atoms with van der Waals surface area (Å²) in [4.78, 5) is 11.6. The third-order valence-electron chi connectivity index (χ3n) is 4.58. The maximum absolute atomic E-state index is 14.1. The van der Waals surface area contributed by atoms with Crippen molar-refractivity contribution in [1.82, 2.24) is 5.32 Å². The van der Waals surface area contributed by atoms with Gasteiger partial charge in [0.1, 0.15) is 0 Å². The van der Waals surface area contributed by atoms with Crippen LogP contribution in [-0.4, -0.2) is 42.2 Å². The minimum atomic E-state index is -7.20. The Hall–Kier alpha value is -1.34. The molecule has 0 aromatic heterocycles. The number of amides is 1. The average molecular weight is 439 g/mol. The molecule has 28 heavy (non-hydrogen) atoms. The van der Waals surface area contributed by atoms with Gasteiger partial charge in [0.2, 0.25) is 0 Å². The zero-order valence-electron chi connectivity index (χ0n) is 14.3. The molecule has 1 N–H and O–H groups in total. The lowest BCUT2D eigenvalue weighted by Gasteiger charge is -2.36. The first-order chi connectivity index (χ1) is 12.3. The lowest BCUT2D eigenvalue weighted by Crippen LogP contribution is -2.64. The van der Waals surface area contributed by atoms with E-state index in [1.54, 1.807) is 13.8 Å². The van der Waals surface area contributed by atoms with E-state index in [1.807, 2.05) is 0 Å². The predicted molar refractivity (Wildman–Crippen MR) is 71.0 cm³/mol. The van der Waals surface area contributed by atoms with Gasteiger partial charge in [0.25, 0.3) is 5.91 Å². The second kappa shape index (κ2) is 7.48. The van der Waals surface area contributed by atoms with E-state index >= 15 is 0 Å². The van der Waals surface area contributed by atoms with Gasteiger partial charge in [0, 0.05) is 6.04 Å². The lowest BCUT2D eigenvalue weighted by molar-refractivity contribution is -0.473. The summed E-state index contributed by atoms with van der Waals surface area (Å²) in [7, 11) is 0. The molecule has 1 saturated carbocycles. The van der Waals surface area contributed by atoms with E-state index in [2.05, 4.69) is 4.74 Å². The summed E-state index contributed by atoms with van der Waals surface area (Å²) in [6.07, 6.45) is -20.4. The van der Waals surface area contributed by atoms with E-state index in [-0.39, 0.29) is 24.7 Å². The molecule has 4 atom stereocenters. The minimum absolute atomic E-state index is 0.00987. The van der Waals surface area contributed by atoms with Crippen LogP contribution in [0, 0.1) is 11.8 Å². The second-order valence-electron chi connectivity index (χ2n) is 6.72. The highest BCUT2D eigenvalue weighted by Gasteiger charge is 2.79. The average Bonchev–Trinajstić information content (AvgIpc) is 2.48. The van der Waals surface area contributed by atoms with Crippen LogP contribution in [0.25, 0.3) is 0 Å². The van der Waals surface area contributed by atoms with Gasteiger partial charge < -0.3 is 5.32 Å². The highest BCUT2D eigenvalue weighted by atomic mass is 19.4. The third-order valence-corrected chi connectivity index (χ3v) is 4.58. The van der Waals surface area contributed by atoms with Crippen molar-refractivity contribution in [3.8, 4) is 0 Å². The number of carbonyl (C=O) groups is 1. The Morgan fingerprint density at radius 2 is 1.32 bits per heavy atom. The van der Waals surface area contributed by atoms with Gasteiger partial charge in [-0.05, 0) is 31.1 Å². The third kappa shape index (κ3) is 4.62. The van der Waals surface area contributed by atoms with Crippen LogP contribution in [0.5, 0.6) is 0 Å². The lowest BCUT2D eigenvalue weighted by atomic mass is 9.79. The van der Waals surface area contributed by atoms with Crippen LogP contribution in [0.2, 0.25) is 0 Å². The largest absolute Gasteiger partial charge is 0.462 e. The Morgan fingerprint density at radius 3 is 1.71 bits per heavy atom. The molecule has 0 aliphatic heterocycles. The van der Waals surface area contributed by atoms with Crippen molar-refractivity contribution >= 4 is 5.91 Å². The molecular formula is C14H16F11NO2. The first kappa shape index (κ1) is 24.7. The Bertz CT molecular complexity index is 575. The summed E-state index contributed by atoms with van der Waals surface area (Å²) >= 11 is 0. The summed E-state index contributed by atoms with van der Waals surface area (Å²) in [5.74, 6) is -16.4. The van der Waals surface area contributed by atoms with Gasteiger partial charge in [0.05, 0.1) is 0 Å². The maximum atomic E-state index is 14.1. The van der Waals surface area contributed by atoms with Crippen molar-refractivity contribution in [2.75, 3.05) is 0 Å². The second-order valence-corrected chi connectivity index (χ2v) is 6.72.